The molecule has 11 nitrogen and oxygen atoms in total. The largest absolute Gasteiger partial charge is 0.449 e. The van der Waals surface area contributed by atoms with Gasteiger partial charge >= 0.3 is 6.09 Å². The van der Waals surface area contributed by atoms with Gasteiger partial charge in [0.15, 0.2) is 6.10 Å². The van der Waals surface area contributed by atoms with Gasteiger partial charge in [0, 0.05) is 19.0 Å². The first-order valence-corrected chi connectivity index (χ1v) is 16.6. The van der Waals surface area contributed by atoms with Gasteiger partial charge in [0.1, 0.15) is 12.6 Å². The second kappa shape index (κ2) is 18.9. The van der Waals surface area contributed by atoms with Crippen LogP contribution in [-0.4, -0.2) is 87.3 Å². The molecule has 258 valence electrons. The minimum absolute atomic E-state index is 0.0770. The van der Waals surface area contributed by atoms with E-state index in [-0.39, 0.29) is 38.0 Å². The number of benzene rings is 3. The second-order valence-corrected chi connectivity index (χ2v) is 12.2. The Hall–Kier alpha value is -4.29. The summed E-state index contributed by atoms with van der Waals surface area (Å²) >= 11 is 0. The highest BCUT2D eigenvalue weighted by Gasteiger charge is 2.33. The first-order valence-electron chi connectivity index (χ1n) is 16.6. The molecule has 0 heterocycles. The van der Waals surface area contributed by atoms with Crippen molar-refractivity contribution in [3.05, 3.63) is 95.6 Å². The number of carbonyl (C=O) groups excluding carboxylic acids is 3. The van der Waals surface area contributed by atoms with Gasteiger partial charge in [-0.15, -0.1) is 0 Å². The third-order valence-electron chi connectivity index (χ3n) is 8.12. The molecule has 0 saturated carbocycles. The van der Waals surface area contributed by atoms with Crippen LogP contribution in [-0.2, 0) is 30.2 Å². The molecule has 0 spiro atoms. The fraction of sp³-hybridized carbons (Fsp3) is 0.432. The van der Waals surface area contributed by atoms with Crippen molar-refractivity contribution in [1.29, 1.82) is 0 Å². The van der Waals surface area contributed by atoms with Crippen LogP contribution in [0, 0.1) is 5.92 Å². The Balaban J connectivity index is 1.37. The Morgan fingerprint density at radius 3 is 2.02 bits per heavy atom. The Labute approximate surface area is 282 Å². The normalized spacial score (nSPS) is 14.0. The van der Waals surface area contributed by atoms with Crippen molar-refractivity contribution in [3.8, 4) is 11.1 Å². The van der Waals surface area contributed by atoms with E-state index in [9.17, 15) is 19.5 Å². The third-order valence-corrected chi connectivity index (χ3v) is 8.12. The fourth-order valence-electron chi connectivity index (χ4n) is 5.82. The van der Waals surface area contributed by atoms with Crippen LogP contribution >= 0.6 is 0 Å². The Kier molecular flexibility index (Phi) is 14.4. The van der Waals surface area contributed by atoms with Crippen molar-refractivity contribution < 1.29 is 33.7 Å². The van der Waals surface area contributed by atoms with Gasteiger partial charge in [-0.2, -0.15) is 0 Å². The van der Waals surface area contributed by atoms with E-state index in [0.29, 0.717) is 32.8 Å². The van der Waals surface area contributed by atoms with E-state index in [1.165, 1.54) is 0 Å². The van der Waals surface area contributed by atoms with Crippen molar-refractivity contribution in [2.24, 2.45) is 11.7 Å². The molecule has 48 heavy (non-hydrogen) atoms. The number of aliphatic hydroxyl groups is 1. The predicted molar refractivity (Wildman–Crippen MR) is 183 cm³/mol. The van der Waals surface area contributed by atoms with Gasteiger partial charge in [-0.05, 0) is 46.6 Å². The van der Waals surface area contributed by atoms with Crippen LogP contribution in [0.4, 0.5) is 4.79 Å². The minimum atomic E-state index is -1.66. The summed E-state index contributed by atoms with van der Waals surface area (Å²) in [6.45, 7) is 6.13. The summed E-state index contributed by atoms with van der Waals surface area (Å²) in [7, 11) is 0. The molecule has 3 aromatic carbocycles. The number of aliphatic hydroxyl groups excluding tert-OH is 1. The number of ether oxygens (including phenoxy) is 3. The van der Waals surface area contributed by atoms with Gasteiger partial charge in [0.05, 0.1) is 32.5 Å². The van der Waals surface area contributed by atoms with Gasteiger partial charge in [-0.1, -0.05) is 92.7 Å². The zero-order chi connectivity index (χ0) is 34.3. The first-order chi connectivity index (χ1) is 23.3. The predicted octanol–water partition coefficient (Wildman–Crippen LogP) is 3.14. The van der Waals surface area contributed by atoms with Gasteiger partial charge in [0.25, 0.3) is 5.91 Å². The molecular weight excluding hydrogens is 612 g/mol. The number of nitrogens with one attached hydrogen (secondary N) is 3. The summed E-state index contributed by atoms with van der Waals surface area (Å²) in [5.41, 5.74) is 10.6. The molecule has 11 heteroatoms. The Morgan fingerprint density at radius 1 is 0.792 bits per heavy atom. The minimum Gasteiger partial charge on any atom is -0.449 e. The summed E-state index contributed by atoms with van der Waals surface area (Å²) in [6.07, 6.45) is -1.91. The summed E-state index contributed by atoms with van der Waals surface area (Å²) in [5, 5.41) is 19.5. The third kappa shape index (κ3) is 10.6. The van der Waals surface area contributed by atoms with Crippen molar-refractivity contribution in [2.75, 3.05) is 46.1 Å². The van der Waals surface area contributed by atoms with Crippen molar-refractivity contribution >= 4 is 17.9 Å². The number of rotatable bonds is 19. The molecular formula is C37H48N4O7. The molecule has 0 saturated heterocycles. The van der Waals surface area contributed by atoms with Crippen LogP contribution in [0.25, 0.3) is 11.1 Å². The topological polar surface area (TPSA) is 161 Å². The molecule has 2 unspecified atom stereocenters. The number of amides is 3. The smallest absolute Gasteiger partial charge is 0.407 e. The van der Waals surface area contributed by atoms with E-state index in [4.69, 9.17) is 19.9 Å². The summed E-state index contributed by atoms with van der Waals surface area (Å²) in [4.78, 5) is 39.7. The van der Waals surface area contributed by atoms with Crippen molar-refractivity contribution in [2.45, 2.75) is 50.8 Å². The van der Waals surface area contributed by atoms with Gasteiger partial charge < -0.3 is 41.0 Å². The molecule has 0 bridgehead atoms. The van der Waals surface area contributed by atoms with E-state index in [1.54, 1.807) is 0 Å². The molecule has 0 aliphatic heterocycles. The van der Waals surface area contributed by atoms with Crippen molar-refractivity contribution in [3.63, 3.8) is 0 Å². The van der Waals surface area contributed by atoms with E-state index < -0.39 is 36.1 Å². The van der Waals surface area contributed by atoms with Gasteiger partial charge in [-0.25, -0.2) is 4.79 Å². The standard InChI is InChI=1S/C37H48N4O7/c1-25(2)22-33(35(43)39-17-19-47-21-20-46-18-16-38)40-36(44)34(42)32(23-26-10-4-3-5-11-26)41-37(45)48-24-31-29-14-8-6-12-27(29)28-13-7-9-15-30(28)31/h3-15,25,31-34,42H,16-24,38H2,1-2H3,(H,39,43)(H,40,44)(H,41,45)/t32?,33?,34-/m0/s1. The number of carbonyl (C=O) groups is 3. The number of hydrogen-bond acceptors (Lipinski definition) is 8. The van der Waals surface area contributed by atoms with Crippen molar-refractivity contribution in [1.82, 2.24) is 16.0 Å². The van der Waals surface area contributed by atoms with Crippen LogP contribution in [0.1, 0.15) is 42.9 Å². The lowest BCUT2D eigenvalue weighted by Crippen LogP contribution is -2.56. The quantitative estimate of drug-likeness (QED) is 0.123. The Morgan fingerprint density at radius 2 is 1.40 bits per heavy atom. The van der Waals surface area contributed by atoms with Crippen LogP contribution < -0.4 is 21.7 Å². The number of alkyl carbamates (subject to hydrolysis) is 1. The summed E-state index contributed by atoms with van der Waals surface area (Å²) in [6, 6.07) is 23.4. The van der Waals surface area contributed by atoms with Gasteiger partial charge in [-0.3, -0.25) is 9.59 Å². The molecule has 0 radical (unpaired) electrons. The zero-order valence-electron chi connectivity index (χ0n) is 27.7. The monoisotopic (exact) mass is 660 g/mol. The van der Waals surface area contributed by atoms with E-state index in [1.807, 2.05) is 80.6 Å². The maximum atomic E-state index is 13.4. The summed E-state index contributed by atoms with van der Waals surface area (Å²) in [5.74, 6) is -1.23. The number of hydrogen-bond donors (Lipinski definition) is 5. The molecule has 1 aliphatic carbocycles. The van der Waals surface area contributed by atoms with Crippen LogP contribution in [0.3, 0.4) is 0 Å². The highest BCUT2D eigenvalue weighted by Crippen LogP contribution is 2.44. The molecule has 1 aliphatic rings. The zero-order valence-corrected chi connectivity index (χ0v) is 27.7. The molecule has 4 rings (SSSR count). The SMILES string of the molecule is CC(C)CC(NC(=O)[C@@H](O)C(Cc1ccccc1)NC(=O)OCC1c2ccccc2-c2ccccc21)C(=O)NCCOCCOCCN. The molecule has 3 atom stereocenters. The lowest BCUT2D eigenvalue weighted by Gasteiger charge is -2.26. The number of nitrogens with two attached hydrogens (primary N) is 1. The lowest BCUT2D eigenvalue weighted by atomic mass is 9.98. The summed E-state index contributed by atoms with van der Waals surface area (Å²) < 4.78 is 16.4. The van der Waals surface area contributed by atoms with Crippen LogP contribution in [0.5, 0.6) is 0 Å². The first kappa shape index (κ1) is 36.5. The molecule has 0 fully saturated rings. The molecule has 3 aromatic rings. The second-order valence-electron chi connectivity index (χ2n) is 12.2. The van der Waals surface area contributed by atoms with E-state index in [2.05, 4.69) is 28.1 Å². The fourth-order valence-corrected chi connectivity index (χ4v) is 5.82. The van der Waals surface area contributed by atoms with E-state index in [0.717, 1.165) is 27.8 Å². The highest BCUT2D eigenvalue weighted by molar-refractivity contribution is 5.90. The average Bonchev–Trinajstić information content (AvgIpc) is 3.41. The van der Waals surface area contributed by atoms with Crippen LogP contribution in [0.15, 0.2) is 78.9 Å². The average molecular weight is 661 g/mol. The molecule has 0 aromatic heterocycles. The van der Waals surface area contributed by atoms with Crippen LogP contribution in [0.2, 0.25) is 0 Å². The lowest BCUT2D eigenvalue weighted by molar-refractivity contribution is -0.135. The van der Waals surface area contributed by atoms with E-state index >= 15 is 0 Å². The number of fused-ring (bicyclic) bond motifs is 3. The molecule has 6 N–H and O–H groups in total. The van der Waals surface area contributed by atoms with Gasteiger partial charge in [0.2, 0.25) is 5.91 Å². The Bertz CT molecular complexity index is 1420. The highest BCUT2D eigenvalue weighted by atomic mass is 16.5. The molecule has 3 amide bonds. The maximum absolute atomic E-state index is 13.4. The maximum Gasteiger partial charge on any atom is 0.407 e.